The first-order valence-electron chi connectivity index (χ1n) is 10.5. The molecule has 0 bridgehead atoms. The Labute approximate surface area is 194 Å². The van der Waals surface area contributed by atoms with Crippen molar-refractivity contribution in [2.45, 2.75) is 5.75 Å². The highest BCUT2D eigenvalue weighted by molar-refractivity contribution is 7.99. The summed E-state index contributed by atoms with van der Waals surface area (Å²) in [6, 6.07) is 28.7. The largest absolute Gasteiger partial charge is 0.403 e. The maximum atomic E-state index is 12.5. The van der Waals surface area contributed by atoms with Crippen LogP contribution >= 0.6 is 11.8 Å². The van der Waals surface area contributed by atoms with Gasteiger partial charge in [-0.15, -0.1) is 11.8 Å². The maximum Gasteiger partial charge on any atom is 0.347 e. The average Bonchev–Trinajstić information content (AvgIpc) is 2.84. The van der Waals surface area contributed by atoms with Crippen molar-refractivity contribution in [3.05, 3.63) is 107 Å². The van der Waals surface area contributed by atoms with Crippen LogP contribution in [0.5, 0.6) is 0 Å². The number of para-hydroxylation sites is 1. The Morgan fingerprint density at radius 2 is 1.64 bits per heavy atom. The fraction of sp³-hybridized carbons (Fsp3) is 0.0741. The molecule has 0 spiro atoms. The molecule has 162 valence electrons. The minimum atomic E-state index is -0.435. The highest BCUT2D eigenvalue weighted by Crippen LogP contribution is 2.24. The third-order valence-electron chi connectivity index (χ3n) is 5.30. The van der Waals surface area contributed by atoms with Gasteiger partial charge < -0.3 is 9.73 Å². The third-order valence-corrected chi connectivity index (χ3v) is 6.28. The molecule has 1 N–H and O–H groups in total. The number of anilines is 1. The number of aromatic nitrogens is 1. The van der Waals surface area contributed by atoms with Crippen molar-refractivity contribution < 1.29 is 9.21 Å². The van der Waals surface area contributed by atoms with Crippen molar-refractivity contribution in [1.82, 2.24) is 4.98 Å². The summed E-state index contributed by atoms with van der Waals surface area (Å²) in [4.78, 5) is 29.2. The van der Waals surface area contributed by atoms with Gasteiger partial charge >= 0.3 is 5.63 Å². The number of rotatable bonds is 6. The average molecular weight is 453 g/mol. The summed E-state index contributed by atoms with van der Waals surface area (Å²) in [5.41, 5.74) is 2.60. The van der Waals surface area contributed by atoms with Crippen molar-refractivity contribution >= 4 is 45.0 Å². The molecule has 0 aliphatic rings. The first-order valence-corrected chi connectivity index (χ1v) is 11.7. The Morgan fingerprint density at radius 3 is 2.55 bits per heavy atom. The van der Waals surface area contributed by atoms with Crippen LogP contribution in [0.3, 0.4) is 0 Å². The van der Waals surface area contributed by atoms with Crippen LogP contribution < -0.4 is 10.9 Å². The number of nitrogens with one attached hydrogen (secondary N) is 1. The molecular formula is C27H20N2O3S. The van der Waals surface area contributed by atoms with Crippen LogP contribution in [-0.4, -0.2) is 16.6 Å². The zero-order chi connectivity index (χ0) is 22.6. The summed E-state index contributed by atoms with van der Waals surface area (Å²) in [6.45, 7) is 0. The normalized spacial score (nSPS) is 11.0. The number of fused-ring (bicyclic) bond motifs is 2. The van der Waals surface area contributed by atoms with E-state index in [1.165, 1.54) is 16.3 Å². The van der Waals surface area contributed by atoms with E-state index in [1.54, 1.807) is 54.2 Å². The van der Waals surface area contributed by atoms with Crippen molar-refractivity contribution in [3.8, 4) is 11.5 Å². The fourth-order valence-corrected chi connectivity index (χ4v) is 4.57. The molecule has 0 radical (unpaired) electrons. The smallest absolute Gasteiger partial charge is 0.347 e. The van der Waals surface area contributed by atoms with E-state index in [9.17, 15) is 9.59 Å². The van der Waals surface area contributed by atoms with Crippen molar-refractivity contribution in [1.29, 1.82) is 0 Å². The van der Waals surface area contributed by atoms with Gasteiger partial charge in [0.2, 0.25) is 11.8 Å². The first kappa shape index (κ1) is 21.0. The van der Waals surface area contributed by atoms with Crippen LogP contribution in [0.2, 0.25) is 0 Å². The number of nitrogens with zero attached hydrogens (tertiary/aromatic N) is 1. The second kappa shape index (κ2) is 9.30. The van der Waals surface area contributed by atoms with E-state index >= 15 is 0 Å². The van der Waals surface area contributed by atoms with Crippen LogP contribution in [0.15, 0.2) is 100 Å². The Morgan fingerprint density at radius 1 is 0.879 bits per heavy atom. The van der Waals surface area contributed by atoms with Crippen LogP contribution in [0, 0.1) is 0 Å². The Hall–Kier alpha value is -3.90. The molecule has 33 heavy (non-hydrogen) atoms. The highest BCUT2D eigenvalue weighted by Gasteiger charge is 2.10. The molecule has 0 aliphatic heterocycles. The third kappa shape index (κ3) is 4.66. The molecule has 5 nitrogen and oxygen atoms in total. The number of hydrogen-bond donors (Lipinski definition) is 1. The predicted molar refractivity (Wildman–Crippen MR) is 134 cm³/mol. The summed E-state index contributed by atoms with van der Waals surface area (Å²) >= 11 is 1.57. The Bertz CT molecular complexity index is 1520. The summed E-state index contributed by atoms with van der Waals surface area (Å²) in [5.74, 6) is 1.21. The minimum Gasteiger partial charge on any atom is -0.403 e. The SMILES string of the molecule is O=C(CSCc1cccc2ccccc12)Nc1cccc(-c2nc3ccccc3c(=O)o2)c1. The lowest BCUT2D eigenvalue weighted by atomic mass is 10.1. The summed E-state index contributed by atoms with van der Waals surface area (Å²) in [5, 5.41) is 5.77. The van der Waals surface area contributed by atoms with Gasteiger partial charge in [-0.05, 0) is 46.7 Å². The van der Waals surface area contributed by atoms with Gasteiger partial charge in [0.1, 0.15) is 0 Å². The molecule has 0 atom stereocenters. The quantitative estimate of drug-likeness (QED) is 0.348. The monoisotopic (exact) mass is 452 g/mol. The molecule has 0 saturated heterocycles. The second-order valence-corrected chi connectivity index (χ2v) is 8.57. The lowest BCUT2D eigenvalue weighted by molar-refractivity contribution is -0.113. The molecule has 0 saturated carbocycles. The highest BCUT2D eigenvalue weighted by atomic mass is 32.2. The van der Waals surface area contributed by atoms with Gasteiger partial charge in [-0.1, -0.05) is 60.7 Å². The van der Waals surface area contributed by atoms with Gasteiger partial charge in [0, 0.05) is 17.0 Å². The zero-order valence-electron chi connectivity index (χ0n) is 17.7. The molecule has 0 fully saturated rings. The molecule has 5 rings (SSSR count). The first-order chi connectivity index (χ1) is 16.2. The number of hydrogen-bond acceptors (Lipinski definition) is 5. The van der Waals surface area contributed by atoms with Gasteiger partial charge in [0.25, 0.3) is 0 Å². The van der Waals surface area contributed by atoms with E-state index in [2.05, 4.69) is 34.6 Å². The molecule has 1 heterocycles. The van der Waals surface area contributed by atoms with E-state index in [4.69, 9.17) is 4.42 Å². The zero-order valence-corrected chi connectivity index (χ0v) is 18.5. The van der Waals surface area contributed by atoms with Gasteiger partial charge in [-0.2, -0.15) is 0 Å². The van der Waals surface area contributed by atoms with E-state index in [0.29, 0.717) is 27.9 Å². The van der Waals surface area contributed by atoms with Gasteiger partial charge in [-0.3, -0.25) is 4.79 Å². The van der Waals surface area contributed by atoms with E-state index in [0.717, 1.165) is 5.75 Å². The van der Waals surface area contributed by atoms with Gasteiger partial charge in [0.05, 0.1) is 16.7 Å². The van der Waals surface area contributed by atoms with Gasteiger partial charge in [0.15, 0.2) is 0 Å². The summed E-state index contributed by atoms with van der Waals surface area (Å²) in [6.07, 6.45) is 0. The Balaban J connectivity index is 1.26. The topological polar surface area (TPSA) is 72.2 Å². The standard InChI is InChI=1S/C27H20N2O3S/c30-25(17-33-16-20-10-5-8-18-7-1-2-12-22(18)20)28-21-11-6-9-19(15-21)26-29-24-14-4-3-13-23(24)27(31)32-26/h1-15H,16-17H2,(H,28,30). The maximum absolute atomic E-state index is 12.5. The Kier molecular flexibility index (Phi) is 5.91. The summed E-state index contributed by atoms with van der Waals surface area (Å²) in [7, 11) is 0. The summed E-state index contributed by atoms with van der Waals surface area (Å²) < 4.78 is 5.40. The molecule has 0 unspecified atom stereocenters. The number of carbonyl (C=O) groups is 1. The van der Waals surface area contributed by atoms with Crippen LogP contribution in [0.1, 0.15) is 5.56 Å². The number of amides is 1. The lowest BCUT2D eigenvalue weighted by Gasteiger charge is -2.08. The van der Waals surface area contributed by atoms with E-state index in [1.807, 2.05) is 24.3 Å². The number of thioether (sulfide) groups is 1. The second-order valence-electron chi connectivity index (χ2n) is 7.58. The van der Waals surface area contributed by atoms with Crippen molar-refractivity contribution in [2.24, 2.45) is 0 Å². The molecule has 1 amide bonds. The number of benzene rings is 4. The van der Waals surface area contributed by atoms with Crippen LogP contribution in [0.25, 0.3) is 33.1 Å². The molecule has 0 aliphatic carbocycles. The number of carbonyl (C=O) groups excluding carboxylic acids is 1. The molecule has 1 aromatic heterocycles. The van der Waals surface area contributed by atoms with Crippen LogP contribution in [0.4, 0.5) is 5.69 Å². The molecule has 6 heteroatoms. The van der Waals surface area contributed by atoms with Crippen molar-refractivity contribution in [3.63, 3.8) is 0 Å². The lowest BCUT2D eigenvalue weighted by Crippen LogP contribution is -2.14. The van der Waals surface area contributed by atoms with Crippen molar-refractivity contribution in [2.75, 3.05) is 11.1 Å². The molecule has 4 aromatic carbocycles. The fourth-order valence-electron chi connectivity index (χ4n) is 3.74. The van der Waals surface area contributed by atoms with E-state index in [-0.39, 0.29) is 11.8 Å². The molecule has 5 aromatic rings. The van der Waals surface area contributed by atoms with E-state index < -0.39 is 5.63 Å². The molecular weight excluding hydrogens is 432 g/mol. The predicted octanol–water partition coefficient (Wildman–Crippen LogP) is 5.88. The van der Waals surface area contributed by atoms with Crippen LogP contribution in [-0.2, 0) is 10.5 Å². The minimum absolute atomic E-state index is 0.0923. The van der Waals surface area contributed by atoms with Gasteiger partial charge in [-0.25, -0.2) is 9.78 Å².